The van der Waals surface area contributed by atoms with E-state index in [0.717, 1.165) is 10.6 Å². The normalized spacial score (nSPS) is 10.7. The first-order valence-corrected chi connectivity index (χ1v) is 8.03. The lowest BCUT2D eigenvalue weighted by Crippen LogP contribution is -2.41. The van der Waals surface area contributed by atoms with Gasteiger partial charge in [-0.1, -0.05) is 0 Å². The number of carbonyl (C=O) groups is 2. The number of halogens is 1. The zero-order valence-corrected chi connectivity index (χ0v) is 14.6. The lowest BCUT2D eigenvalue weighted by Gasteiger charge is -2.21. The highest BCUT2D eigenvalue weighted by atomic mass is 19.1. The Labute approximate surface area is 149 Å². The van der Waals surface area contributed by atoms with Crippen LogP contribution < -0.4 is 5.56 Å². The first kappa shape index (κ1) is 19.5. The van der Waals surface area contributed by atoms with Crippen LogP contribution in [-0.2, 0) is 25.6 Å². The Morgan fingerprint density at radius 3 is 2.81 bits per heavy atom. The third kappa shape index (κ3) is 4.85. The molecule has 2 rings (SSSR count). The number of esters is 1. The van der Waals surface area contributed by atoms with E-state index in [-0.39, 0.29) is 38.2 Å². The van der Waals surface area contributed by atoms with Crippen LogP contribution in [0.3, 0.4) is 0 Å². The number of carbonyl (C=O) groups excluding carboxylic acids is 2. The van der Waals surface area contributed by atoms with Gasteiger partial charge < -0.3 is 14.4 Å². The van der Waals surface area contributed by atoms with Crippen LogP contribution >= 0.6 is 0 Å². The predicted octanol–water partition coefficient (Wildman–Crippen LogP) is 0.574. The summed E-state index contributed by atoms with van der Waals surface area (Å²) in [7, 11) is 1.47. The summed E-state index contributed by atoms with van der Waals surface area (Å²) >= 11 is 0. The molecule has 0 aliphatic heterocycles. The van der Waals surface area contributed by atoms with Gasteiger partial charge in [-0.05, 0) is 25.1 Å². The average molecular weight is 365 g/mol. The fourth-order valence-corrected chi connectivity index (χ4v) is 2.35. The third-order valence-corrected chi connectivity index (χ3v) is 3.63. The molecule has 0 saturated carbocycles. The molecular formula is C17H20FN3O5. The molecule has 0 saturated heterocycles. The van der Waals surface area contributed by atoms with Crippen molar-refractivity contribution in [3.8, 4) is 0 Å². The maximum absolute atomic E-state index is 13.4. The number of nitrogens with zero attached hydrogens (tertiary/aromatic N) is 3. The second-order valence-corrected chi connectivity index (χ2v) is 5.45. The SMILES string of the molecule is CCOC(=O)CN(CCOC)C(=O)Cn1cnc2ccc(F)cc2c1=O. The van der Waals surface area contributed by atoms with E-state index in [4.69, 9.17) is 9.47 Å². The topological polar surface area (TPSA) is 90.7 Å². The Kier molecular flexibility index (Phi) is 6.79. The van der Waals surface area contributed by atoms with Crippen LogP contribution in [0, 0.1) is 5.82 Å². The van der Waals surface area contributed by atoms with Crippen LogP contribution in [0.25, 0.3) is 10.9 Å². The van der Waals surface area contributed by atoms with Gasteiger partial charge in [0, 0.05) is 13.7 Å². The maximum Gasteiger partial charge on any atom is 0.325 e. The molecule has 0 aliphatic carbocycles. The van der Waals surface area contributed by atoms with E-state index >= 15 is 0 Å². The summed E-state index contributed by atoms with van der Waals surface area (Å²) < 4.78 is 24.2. The minimum absolute atomic E-state index is 0.0779. The van der Waals surface area contributed by atoms with Gasteiger partial charge in [0.15, 0.2) is 0 Å². The van der Waals surface area contributed by atoms with Gasteiger partial charge in [-0.25, -0.2) is 9.37 Å². The smallest absolute Gasteiger partial charge is 0.325 e. The highest BCUT2D eigenvalue weighted by molar-refractivity contribution is 5.82. The van der Waals surface area contributed by atoms with Gasteiger partial charge >= 0.3 is 5.97 Å². The van der Waals surface area contributed by atoms with Gasteiger partial charge in [-0.15, -0.1) is 0 Å². The summed E-state index contributed by atoms with van der Waals surface area (Å²) in [5.41, 5.74) is -0.200. The fourth-order valence-electron chi connectivity index (χ4n) is 2.35. The van der Waals surface area contributed by atoms with Crippen molar-refractivity contribution in [2.75, 3.05) is 33.4 Å². The summed E-state index contributed by atoms with van der Waals surface area (Å²) in [5, 5.41) is 0.0779. The van der Waals surface area contributed by atoms with Crippen molar-refractivity contribution in [2.45, 2.75) is 13.5 Å². The van der Waals surface area contributed by atoms with E-state index in [0.29, 0.717) is 5.52 Å². The Balaban J connectivity index is 2.22. The zero-order valence-electron chi connectivity index (χ0n) is 14.6. The molecular weight excluding hydrogens is 345 g/mol. The molecule has 0 fully saturated rings. The molecule has 1 heterocycles. The first-order valence-electron chi connectivity index (χ1n) is 8.03. The van der Waals surface area contributed by atoms with Crippen molar-refractivity contribution in [1.82, 2.24) is 14.5 Å². The van der Waals surface area contributed by atoms with Crippen LogP contribution in [-0.4, -0.2) is 59.7 Å². The number of benzene rings is 1. The van der Waals surface area contributed by atoms with Crippen molar-refractivity contribution >= 4 is 22.8 Å². The highest BCUT2D eigenvalue weighted by Crippen LogP contribution is 2.08. The molecule has 1 aromatic heterocycles. The largest absolute Gasteiger partial charge is 0.465 e. The lowest BCUT2D eigenvalue weighted by molar-refractivity contribution is -0.149. The molecule has 0 atom stereocenters. The van der Waals surface area contributed by atoms with Gasteiger partial charge in [0.1, 0.15) is 18.9 Å². The second kappa shape index (κ2) is 9.04. The van der Waals surface area contributed by atoms with Gasteiger partial charge in [-0.2, -0.15) is 0 Å². The minimum Gasteiger partial charge on any atom is -0.465 e. The first-order chi connectivity index (χ1) is 12.5. The number of ether oxygens (including phenoxy) is 2. The Morgan fingerprint density at radius 1 is 1.35 bits per heavy atom. The second-order valence-electron chi connectivity index (χ2n) is 5.45. The molecule has 0 N–H and O–H groups in total. The molecule has 9 heteroatoms. The predicted molar refractivity (Wildman–Crippen MR) is 91.1 cm³/mol. The lowest BCUT2D eigenvalue weighted by atomic mass is 10.2. The average Bonchev–Trinajstić information content (AvgIpc) is 2.61. The summed E-state index contributed by atoms with van der Waals surface area (Å²) in [6.07, 6.45) is 1.22. The van der Waals surface area contributed by atoms with E-state index < -0.39 is 23.3 Å². The van der Waals surface area contributed by atoms with Crippen molar-refractivity contribution in [3.05, 3.63) is 40.7 Å². The number of fused-ring (bicyclic) bond motifs is 1. The summed E-state index contributed by atoms with van der Waals surface area (Å²) in [4.78, 5) is 41.9. The Morgan fingerprint density at radius 2 is 2.12 bits per heavy atom. The van der Waals surface area contributed by atoms with E-state index in [1.807, 2.05) is 0 Å². The molecule has 0 unspecified atom stereocenters. The molecule has 0 radical (unpaired) electrons. The van der Waals surface area contributed by atoms with Crippen LogP contribution in [0.2, 0.25) is 0 Å². The van der Waals surface area contributed by atoms with Gasteiger partial charge in [0.05, 0.1) is 30.4 Å². The van der Waals surface area contributed by atoms with Crippen molar-refractivity contribution in [2.24, 2.45) is 0 Å². The molecule has 8 nitrogen and oxygen atoms in total. The highest BCUT2D eigenvalue weighted by Gasteiger charge is 2.19. The number of amides is 1. The summed E-state index contributed by atoms with van der Waals surface area (Å²) in [6, 6.07) is 3.67. The van der Waals surface area contributed by atoms with Gasteiger partial charge in [0.2, 0.25) is 5.91 Å². The van der Waals surface area contributed by atoms with E-state index in [2.05, 4.69) is 4.98 Å². The molecule has 1 aromatic carbocycles. The quantitative estimate of drug-likeness (QED) is 0.636. The number of rotatable bonds is 8. The summed E-state index contributed by atoms with van der Waals surface area (Å²) in [6.45, 7) is 1.67. The molecule has 26 heavy (non-hydrogen) atoms. The standard InChI is InChI=1S/C17H20FN3O5/c1-3-26-16(23)10-20(6-7-25-2)15(22)9-21-11-19-14-5-4-12(18)8-13(14)17(21)24/h4-5,8,11H,3,6-7,9-10H2,1-2H3. The third-order valence-electron chi connectivity index (χ3n) is 3.63. The molecule has 2 aromatic rings. The van der Waals surface area contributed by atoms with Crippen LogP contribution in [0.4, 0.5) is 4.39 Å². The van der Waals surface area contributed by atoms with Crippen LogP contribution in [0.15, 0.2) is 29.3 Å². The Bertz CT molecular complexity index is 852. The number of hydrogen-bond donors (Lipinski definition) is 0. The maximum atomic E-state index is 13.4. The zero-order chi connectivity index (χ0) is 19.1. The number of aromatic nitrogens is 2. The summed E-state index contributed by atoms with van der Waals surface area (Å²) in [5.74, 6) is -1.60. The van der Waals surface area contributed by atoms with Crippen LogP contribution in [0.5, 0.6) is 0 Å². The molecule has 0 spiro atoms. The minimum atomic E-state index is -0.565. The van der Waals surface area contributed by atoms with Crippen molar-refractivity contribution in [3.63, 3.8) is 0 Å². The molecule has 1 amide bonds. The molecule has 140 valence electrons. The number of methoxy groups -OCH3 is 1. The van der Waals surface area contributed by atoms with Gasteiger partial charge in [-0.3, -0.25) is 19.0 Å². The van der Waals surface area contributed by atoms with Crippen molar-refractivity contribution in [1.29, 1.82) is 0 Å². The van der Waals surface area contributed by atoms with Gasteiger partial charge in [0.25, 0.3) is 5.56 Å². The van der Waals surface area contributed by atoms with E-state index in [1.165, 1.54) is 30.5 Å². The monoisotopic (exact) mass is 365 g/mol. The Hall–Kier alpha value is -2.81. The number of hydrogen-bond acceptors (Lipinski definition) is 6. The van der Waals surface area contributed by atoms with E-state index in [9.17, 15) is 18.8 Å². The van der Waals surface area contributed by atoms with Crippen molar-refractivity contribution < 1.29 is 23.5 Å². The fraction of sp³-hybridized carbons (Fsp3) is 0.412. The van der Waals surface area contributed by atoms with E-state index in [1.54, 1.807) is 6.92 Å². The van der Waals surface area contributed by atoms with Crippen LogP contribution in [0.1, 0.15) is 6.92 Å². The molecule has 0 aliphatic rings. The molecule has 0 bridgehead atoms.